The number of benzene rings is 3. The molecule has 154 valence electrons. The van der Waals surface area contributed by atoms with E-state index in [-0.39, 0.29) is 28.8 Å². The van der Waals surface area contributed by atoms with Crippen LogP contribution in [0.15, 0.2) is 75.9 Å². The van der Waals surface area contributed by atoms with E-state index in [0.29, 0.717) is 16.1 Å². The molecule has 0 fully saturated rings. The van der Waals surface area contributed by atoms with Gasteiger partial charge in [-0.3, -0.25) is 9.59 Å². The van der Waals surface area contributed by atoms with Crippen LogP contribution in [0.5, 0.6) is 0 Å². The topological polar surface area (TPSA) is 50.5 Å². The lowest BCUT2D eigenvalue weighted by Crippen LogP contribution is -2.29. The van der Waals surface area contributed by atoms with Crippen LogP contribution in [0.2, 0.25) is 5.02 Å². The monoisotopic (exact) mass is 437 g/mol. The van der Waals surface area contributed by atoms with Gasteiger partial charge in [-0.25, -0.2) is 8.78 Å². The summed E-state index contributed by atoms with van der Waals surface area (Å²) < 4.78 is 33.1. The first-order valence-corrected chi connectivity index (χ1v) is 9.88. The fourth-order valence-corrected chi connectivity index (χ4v) is 4.15. The minimum Gasteiger partial charge on any atom is -0.450 e. The third-order valence-corrected chi connectivity index (χ3v) is 5.78. The van der Waals surface area contributed by atoms with Gasteiger partial charge in [-0.2, -0.15) is 0 Å². The lowest BCUT2D eigenvalue weighted by molar-refractivity contribution is 0.0714. The number of halogens is 3. The van der Waals surface area contributed by atoms with Gasteiger partial charge in [0.2, 0.25) is 5.76 Å². The summed E-state index contributed by atoms with van der Waals surface area (Å²) >= 11 is 6.30. The number of hydrogen-bond acceptors (Lipinski definition) is 3. The molecule has 0 bridgehead atoms. The molecule has 5 rings (SSSR count). The summed E-state index contributed by atoms with van der Waals surface area (Å²) in [5.74, 6) is -1.63. The van der Waals surface area contributed by atoms with Crippen molar-refractivity contribution in [2.45, 2.75) is 12.6 Å². The predicted octanol–water partition coefficient (Wildman–Crippen LogP) is 5.47. The van der Waals surface area contributed by atoms with E-state index in [1.54, 1.807) is 24.3 Å². The summed E-state index contributed by atoms with van der Waals surface area (Å²) in [6.07, 6.45) is 0. The number of carbonyl (C=O) groups is 1. The molecule has 0 aliphatic carbocycles. The van der Waals surface area contributed by atoms with Crippen LogP contribution in [-0.2, 0) is 6.54 Å². The van der Waals surface area contributed by atoms with E-state index in [4.69, 9.17) is 16.0 Å². The predicted molar refractivity (Wildman–Crippen MR) is 112 cm³/mol. The molecule has 0 saturated heterocycles. The van der Waals surface area contributed by atoms with Crippen LogP contribution in [0, 0.1) is 11.6 Å². The molecule has 7 heteroatoms. The number of rotatable bonds is 3. The summed E-state index contributed by atoms with van der Waals surface area (Å²) in [7, 11) is 0. The molecular formula is C24H14ClF2NO3. The molecule has 3 aromatic carbocycles. The van der Waals surface area contributed by atoms with Crippen molar-refractivity contribution in [1.29, 1.82) is 0 Å². The van der Waals surface area contributed by atoms with Gasteiger partial charge in [0.25, 0.3) is 5.91 Å². The molecule has 0 saturated carbocycles. The summed E-state index contributed by atoms with van der Waals surface area (Å²) in [5.41, 5.74) is 0.932. The van der Waals surface area contributed by atoms with Crippen LogP contribution in [0.1, 0.15) is 33.3 Å². The lowest BCUT2D eigenvalue weighted by Gasteiger charge is -2.25. The van der Waals surface area contributed by atoms with Crippen LogP contribution in [-0.4, -0.2) is 10.8 Å². The Morgan fingerprint density at radius 3 is 2.39 bits per heavy atom. The molecule has 0 radical (unpaired) electrons. The molecule has 1 atom stereocenters. The maximum absolute atomic E-state index is 13.8. The van der Waals surface area contributed by atoms with E-state index in [1.165, 1.54) is 35.2 Å². The lowest BCUT2D eigenvalue weighted by atomic mass is 9.98. The number of nitrogens with zero attached hydrogens (tertiary/aromatic N) is 1. The molecule has 2 heterocycles. The van der Waals surface area contributed by atoms with Crippen LogP contribution in [0.25, 0.3) is 11.0 Å². The Labute approximate surface area is 180 Å². The molecule has 1 aliphatic rings. The highest BCUT2D eigenvalue weighted by Gasteiger charge is 2.42. The van der Waals surface area contributed by atoms with Gasteiger partial charge in [0.1, 0.15) is 17.2 Å². The van der Waals surface area contributed by atoms with Crippen molar-refractivity contribution in [3.05, 3.63) is 116 Å². The van der Waals surface area contributed by atoms with E-state index in [1.807, 2.05) is 0 Å². The number of carbonyl (C=O) groups excluding carboxylic acids is 1. The Balaban J connectivity index is 1.74. The first-order chi connectivity index (χ1) is 14.9. The van der Waals surface area contributed by atoms with Gasteiger partial charge in [-0.1, -0.05) is 41.9 Å². The van der Waals surface area contributed by atoms with Crippen molar-refractivity contribution < 1.29 is 18.0 Å². The zero-order valence-electron chi connectivity index (χ0n) is 15.9. The highest BCUT2D eigenvalue weighted by atomic mass is 35.5. The Morgan fingerprint density at radius 1 is 0.935 bits per heavy atom. The smallest absolute Gasteiger partial charge is 0.291 e. The minimum atomic E-state index is -0.830. The fourth-order valence-electron chi connectivity index (χ4n) is 3.96. The molecular weight excluding hydrogens is 424 g/mol. The molecule has 0 N–H and O–H groups in total. The van der Waals surface area contributed by atoms with E-state index >= 15 is 0 Å². The third-order valence-electron chi connectivity index (χ3n) is 5.41. The second kappa shape index (κ2) is 7.32. The standard InChI is InChI=1S/C24H14ClF2NO3/c25-18-4-2-1-3-14(18)12-28-21(13-5-7-15(26)8-6-13)20-22(29)17-11-16(27)9-10-19(17)31-23(20)24(28)30/h1-11,21H,12H2. The summed E-state index contributed by atoms with van der Waals surface area (Å²) in [5, 5.41) is 0.508. The van der Waals surface area contributed by atoms with Crippen molar-refractivity contribution in [1.82, 2.24) is 4.90 Å². The summed E-state index contributed by atoms with van der Waals surface area (Å²) in [6, 6.07) is 15.3. The molecule has 4 aromatic rings. The van der Waals surface area contributed by atoms with Gasteiger partial charge in [0, 0.05) is 11.6 Å². The van der Waals surface area contributed by atoms with Crippen LogP contribution in [0.4, 0.5) is 8.78 Å². The van der Waals surface area contributed by atoms with Gasteiger partial charge in [-0.05, 0) is 47.5 Å². The van der Waals surface area contributed by atoms with E-state index in [0.717, 1.165) is 12.1 Å². The maximum Gasteiger partial charge on any atom is 0.291 e. The van der Waals surface area contributed by atoms with Crippen LogP contribution in [0.3, 0.4) is 0 Å². The average molecular weight is 438 g/mol. The van der Waals surface area contributed by atoms with Crippen molar-refractivity contribution in [3.63, 3.8) is 0 Å². The average Bonchev–Trinajstić information content (AvgIpc) is 3.03. The van der Waals surface area contributed by atoms with Crippen molar-refractivity contribution in [2.75, 3.05) is 0 Å². The second-order valence-corrected chi connectivity index (χ2v) is 7.70. The van der Waals surface area contributed by atoms with E-state index in [9.17, 15) is 18.4 Å². The first-order valence-electron chi connectivity index (χ1n) is 9.50. The van der Waals surface area contributed by atoms with Crippen molar-refractivity contribution in [3.8, 4) is 0 Å². The highest BCUT2D eigenvalue weighted by molar-refractivity contribution is 6.31. The summed E-state index contributed by atoms with van der Waals surface area (Å²) in [4.78, 5) is 28.1. The van der Waals surface area contributed by atoms with Gasteiger partial charge in [0.05, 0.1) is 17.0 Å². The Morgan fingerprint density at radius 2 is 1.65 bits per heavy atom. The fraction of sp³-hybridized carbons (Fsp3) is 0.0833. The van der Waals surface area contributed by atoms with Crippen LogP contribution >= 0.6 is 11.6 Å². The minimum absolute atomic E-state index is 0.0401. The van der Waals surface area contributed by atoms with Gasteiger partial charge in [0.15, 0.2) is 5.43 Å². The molecule has 4 nitrogen and oxygen atoms in total. The molecule has 31 heavy (non-hydrogen) atoms. The highest BCUT2D eigenvalue weighted by Crippen LogP contribution is 2.39. The van der Waals surface area contributed by atoms with Gasteiger partial charge < -0.3 is 9.32 Å². The van der Waals surface area contributed by atoms with Gasteiger partial charge in [-0.15, -0.1) is 0 Å². The largest absolute Gasteiger partial charge is 0.450 e. The quantitative estimate of drug-likeness (QED) is 0.427. The molecule has 1 unspecified atom stereocenters. The molecule has 0 spiro atoms. The maximum atomic E-state index is 13.8. The normalized spacial score (nSPS) is 15.5. The van der Waals surface area contributed by atoms with Gasteiger partial charge >= 0.3 is 0 Å². The molecule has 1 aliphatic heterocycles. The third kappa shape index (κ3) is 3.20. The first kappa shape index (κ1) is 19.5. The van der Waals surface area contributed by atoms with Crippen molar-refractivity contribution in [2.24, 2.45) is 0 Å². The number of hydrogen-bond donors (Lipinski definition) is 0. The molecule has 1 amide bonds. The number of amides is 1. The van der Waals surface area contributed by atoms with E-state index < -0.39 is 29.0 Å². The zero-order chi connectivity index (χ0) is 21.7. The van der Waals surface area contributed by atoms with Crippen LogP contribution < -0.4 is 5.43 Å². The molecule has 1 aromatic heterocycles. The van der Waals surface area contributed by atoms with Crippen molar-refractivity contribution >= 4 is 28.5 Å². The SMILES string of the molecule is O=C1c2oc3ccc(F)cc3c(=O)c2C(c2ccc(F)cc2)N1Cc1ccccc1Cl. The number of fused-ring (bicyclic) bond motifs is 2. The van der Waals surface area contributed by atoms with E-state index in [2.05, 4.69) is 0 Å². The Kier molecular flexibility index (Phi) is 4.59. The summed E-state index contributed by atoms with van der Waals surface area (Å²) in [6.45, 7) is 0.106. The zero-order valence-corrected chi connectivity index (χ0v) is 16.7. The Hall–Kier alpha value is -3.51. The second-order valence-electron chi connectivity index (χ2n) is 7.29. The Bertz CT molecular complexity index is 1400.